The molecule has 3 heterocycles. The van der Waals surface area contributed by atoms with Crippen LogP contribution in [-0.4, -0.2) is 52.9 Å². The monoisotopic (exact) mass is 399 g/mol. The van der Waals surface area contributed by atoms with Gasteiger partial charge in [0.15, 0.2) is 11.2 Å². The molecule has 2 N–H and O–H groups in total. The maximum atomic E-state index is 13.8. The Kier molecular flexibility index (Phi) is 4.75. The number of oxazole rings is 1. The second-order valence-electron chi connectivity index (χ2n) is 6.75. The molecule has 0 unspecified atom stereocenters. The third-order valence-electron chi connectivity index (χ3n) is 4.82. The van der Waals surface area contributed by atoms with Gasteiger partial charge in [-0.2, -0.15) is 0 Å². The topological polar surface area (TPSA) is 112 Å². The Morgan fingerprint density at radius 3 is 2.69 bits per heavy atom. The average Bonchev–Trinajstić information content (AvgIpc) is 3.09. The molecule has 0 atom stereocenters. The molecule has 1 aliphatic rings. The number of hydrogen-bond donors (Lipinski definition) is 2. The number of nitrogens with one attached hydrogen (secondary N) is 2. The van der Waals surface area contributed by atoms with Gasteiger partial charge in [-0.1, -0.05) is 6.07 Å². The predicted octanol–water partition coefficient (Wildman–Crippen LogP) is 1.25. The first kappa shape index (κ1) is 18.7. The van der Waals surface area contributed by atoms with Crippen LogP contribution in [0, 0.1) is 12.7 Å². The summed E-state index contributed by atoms with van der Waals surface area (Å²) in [6, 6.07) is 6.44. The number of amides is 2. The molecule has 0 spiro atoms. The lowest BCUT2D eigenvalue weighted by Crippen LogP contribution is -2.51. The van der Waals surface area contributed by atoms with Crippen molar-refractivity contribution in [2.45, 2.75) is 6.92 Å². The molecule has 0 saturated carbocycles. The summed E-state index contributed by atoms with van der Waals surface area (Å²) in [7, 11) is 0. The van der Waals surface area contributed by atoms with Gasteiger partial charge >= 0.3 is 17.6 Å². The summed E-state index contributed by atoms with van der Waals surface area (Å²) >= 11 is 0. The summed E-state index contributed by atoms with van der Waals surface area (Å²) in [6.45, 7) is 3.36. The number of anilines is 2. The summed E-state index contributed by atoms with van der Waals surface area (Å²) in [6.07, 6.45) is 1.32. The van der Waals surface area contributed by atoms with E-state index in [2.05, 4.69) is 15.3 Å². The molecule has 1 aromatic carbocycles. The Balaban J connectivity index is 1.37. The highest BCUT2D eigenvalue weighted by atomic mass is 19.1. The zero-order chi connectivity index (χ0) is 20.5. The third kappa shape index (κ3) is 3.82. The second kappa shape index (κ2) is 7.38. The number of carbonyl (C=O) groups excluding carboxylic acids is 2. The number of hydrogen-bond acceptors (Lipinski definition) is 6. The smallest absolute Gasteiger partial charge is 0.406 e. The maximum absolute atomic E-state index is 13.8. The van der Waals surface area contributed by atoms with Crippen LogP contribution in [0.15, 0.2) is 39.7 Å². The number of aromatic nitrogens is 2. The lowest BCUT2D eigenvalue weighted by molar-refractivity contribution is -0.143. The van der Waals surface area contributed by atoms with Gasteiger partial charge in [0, 0.05) is 37.9 Å². The first-order valence-electron chi connectivity index (χ1n) is 9.01. The Labute approximate surface area is 164 Å². The number of benzene rings is 1. The molecule has 1 aliphatic heterocycles. The van der Waals surface area contributed by atoms with Gasteiger partial charge in [0.1, 0.15) is 5.82 Å². The van der Waals surface area contributed by atoms with Crippen LogP contribution in [0.5, 0.6) is 0 Å². The lowest BCUT2D eigenvalue weighted by Gasteiger charge is -2.35. The number of carbonyl (C=O) groups is 2. The van der Waals surface area contributed by atoms with Crippen LogP contribution in [-0.2, 0) is 9.59 Å². The zero-order valence-corrected chi connectivity index (χ0v) is 15.6. The predicted molar refractivity (Wildman–Crippen MR) is 103 cm³/mol. The SMILES string of the molecule is Cc1ccc(N2CCN(C(=O)C(=O)Nc3cnc4[nH]c(=O)oc4c3)CC2)cc1F. The van der Waals surface area contributed by atoms with E-state index in [1.165, 1.54) is 23.2 Å². The van der Waals surface area contributed by atoms with Crippen molar-refractivity contribution >= 4 is 34.4 Å². The normalized spacial score (nSPS) is 14.3. The largest absolute Gasteiger partial charge is 0.418 e. The van der Waals surface area contributed by atoms with E-state index >= 15 is 0 Å². The fourth-order valence-electron chi connectivity index (χ4n) is 3.18. The second-order valence-corrected chi connectivity index (χ2v) is 6.75. The van der Waals surface area contributed by atoms with Crippen molar-refractivity contribution in [2.75, 3.05) is 36.4 Å². The number of halogens is 1. The highest BCUT2D eigenvalue weighted by Gasteiger charge is 2.26. The fourth-order valence-corrected chi connectivity index (χ4v) is 3.18. The average molecular weight is 399 g/mol. The van der Waals surface area contributed by atoms with Crippen molar-refractivity contribution in [1.29, 1.82) is 0 Å². The van der Waals surface area contributed by atoms with Gasteiger partial charge in [-0.3, -0.25) is 14.6 Å². The van der Waals surface area contributed by atoms with Gasteiger partial charge in [-0.15, -0.1) is 0 Å². The van der Waals surface area contributed by atoms with Crippen LogP contribution in [0.4, 0.5) is 15.8 Å². The molecule has 4 rings (SSSR count). The minimum atomic E-state index is -0.807. The number of H-pyrrole nitrogens is 1. The molecule has 3 aromatic rings. The molecular weight excluding hydrogens is 381 g/mol. The van der Waals surface area contributed by atoms with Crippen LogP contribution in [0.2, 0.25) is 0 Å². The number of aromatic amines is 1. The van der Waals surface area contributed by atoms with Crippen LogP contribution >= 0.6 is 0 Å². The minimum absolute atomic E-state index is 0.180. The summed E-state index contributed by atoms with van der Waals surface area (Å²) < 4.78 is 18.7. The Bertz CT molecular complexity index is 1150. The van der Waals surface area contributed by atoms with E-state index in [9.17, 15) is 18.8 Å². The molecule has 2 aromatic heterocycles. The number of fused-ring (bicyclic) bond motifs is 1. The standard InChI is InChI=1S/C19H18FN5O4/c1-11-2-3-13(9-14(11)20)24-4-6-25(7-5-24)18(27)17(26)22-12-8-15-16(21-10-12)23-19(28)29-15/h2-3,8-10H,4-7H2,1H3,(H,22,26)(H,21,23,28). The third-order valence-corrected chi connectivity index (χ3v) is 4.82. The van der Waals surface area contributed by atoms with Crippen molar-refractivity contribution in [3.8, 4) is 0 Å². The van der Waals surface area contributed by atoms with Gasteiger partial charge in [0.2, 0.25) is 0 Å². The number of aryl methyl sites for hydroxylation is 1. The summed E-state index contributed by atoms with van der Waals surface area (Å²) in [5, 5.41) is 2.47. The summed E-state index contributed by atoms with van der Waals surface area (Å²) in [5.74, 6) is -2.41. The summed E-state index contributed by atoms with van der Waals surface area (Å²) in [4.78, 5) is 45.7. The van der Waals surface area contributed by atoms with Crippen LogP contribution < -0.4 is 16.0 Å². The van der Waals surface area contributed by atoms with E-state index in [0.717, 1.165) is 5.69 Å². The number of piperazine rings is 1. The number of nitrogens with zero attached hydrogens (tertiary/aromatic N) is 3. The van der Waals surface area contributed by atoms with Crippen molar-refractivity contribution < 1.29 is 18.4 Å². The molecule has 10 heteroatoms. The Morgan fingerprint density at radius 1 is 1.21 bits per heavy atom. The van der Waals surface area contributed by atoms with Gasteiger partial charge < -0.3 is 19.5 Å². The molecule has 0 radical (unpaired) electrons. The molecule has 9 nitrogen and oxygen atoms in total. The quantitative estimate of drug-likeness (QED) is 0.628. The fraction of sp³-hybridized carbons (Fsp3) is 0.263. The molecule has 0 bridgehead atoms. The van der Waals surface area contributed by atoms with Crippen LogP contribution in [0.3, 0.4) is 0 Å². The van der Waals surface area contributed by atoms with Gasteiger partial charge in [-0.25, -0.2) is 14.2 Å². The van der Waals surface area contributed by atoms with Crippen molar-refractivity contribution in [1.82, 2.24) is 14.9 Å². The molecule has 2 amide bonds. The summed E-state index contributed by atoms with van der Waals surface area (Å²) in [5.41, 5.74) is 2.00. The van der Waals surface area contributed by atoms with E-state index in [4.69, 9.17) is 4.42 Å². The van der Waals surface area contributed by atoms with E-state index < -0.39 is 17.6 Å². The molecule has 0 aliphatic carbocycles. The van der Waals surface area contributed by atoms with Crippen LogP contribution in [0.1, 0.15) is 5.56 Å². The first-order valence-corrected chi connectivity index (χ1v) is 9.01. The number of pyridine rings is 1. The molecular formula is C19H18FN5O4. The highest BCUT2D eigenvalue weighted by molar-refractivity contribution is 6.39. The van der Waals surface area contributed by atoms with Crippen LogP contribution in [0.25, 0.3) is 11.2 Å². The minimum Gasteiger partial charge on any atom is -0.406 e. The molecule has 150 valence electrons. The molecule has 29 heavy (non-hydrogen) atoms. The van der Waals surface area contributed by atoms with E-state index in [-0.39, 0.29) is 22.7 Å². The van der Waals surface area contributed by atoms with Gasteiger partial charge in [0.25, 0.3) is 0 Å². The lowest BCUT2D eigenvalue weighted by atomic mass is 10.2. The molecule has 1 fully saturated rings. The number of rotatable bonds is 2. The zero-order valence-electron chi connectivity index (χ0n) is 15.6. The Hall–Kier alpha value is -3.69. The maximum Gasteiger partial charge on any atom is 0.418 e. The van der Waals surface area contributed by atoms with E-state index in [1.54, 1.807) is 13.0 Å². The Morgan fingerprint density at radius 2 is 1.97 bits per heavy atom. The van der Waals surface area contributed by atoms with Gasteiger partial charge in [0.05, 0.1) is 11.9 Å². The van der Waals surface area contributed by atoms with Crippen molar-refractivity contribution in [3.63, 3.8) is 0 Å². The van der Waals surface area contributed by atoms with Crippen molar-refractivity contribution in [2.24, 2.45) is 0 Å². The van der Waals surface area contributed by atoms with Gasteiger partial charge in [-0.05, 0) is 24.6 Å². The highest BCUT2D eigenvalue weighted by Crippen LogP contribution is 2.20. The van der Waals surface area contributed by atoms with E-state index in [1.807, 2.05) is 11.0 Å². The van der Waals surface area contributed by atoms with Crippen molar-refractivity contribution in [3.05, 3.63) is 52.4 Å². The van der Waals surface area contributed by atoms with E-state index in [0.29, 0.717) is 31.7 Å². The first-order chi connectivity index (χ1) is 13.9. The molecule has 1 saturated heterocycles.